The number of likely N-dealkylation sites (N-methyl/N-ethyl adjacent to an activating group) is 1. The fourth-order valence-corrected chi connectivity index (χ4v) is 3.29. The molecule has 1 aromatic carbocycles. The molecule has 0 bridgehead atoms. The minimum atomic E-state index is -5.29. The highest BCUT2D eigenvalue weighted by Gasteiger charge is 2.55. The van der Waals surface area contributed by atoms with E-state index in [1.165, 1.54) is 24.1 Å². The Bertz CT molecular complexity index is 1090. The quantitative estimate of drug-likeness (QED) is 0.206. The molecular formula is C23H27F5N6O3. The van der Waals surface area contributed by atoms with Crippen LogP contribution < -0.4 is 21.8 Å². The van der Waals surface area contributed by atoms with Gasteiger partial charge in [-0.2, -0.15) is 18.3 Å². The first-order valence-corrected chi connectivity index (χ1v) is 10.9. The molecule has 37 heavy (non-hydrogen) atoms. The predicted molar refractivity (Wildman–Crippen MR) is 127 cm³/mol. The molecule has 0 saturated carbocycles. The van der Waals surface area contributed by atoms with Crippen LogP contribution in [0.2, 0.25) is 0 Å². The zero-order valence-electron chi connectivity index (χ0n) is 19.8. The molecular weight excluding hydrogens is 503 g/mol. The van der Waals surface area contributed by atoms with Gasteiger partial charge in [-0.25, -0.2) is 13.8 Å². The minimum absolute atomic E-state index is 0.336. The molecule has 1 aliphatic heterocycles. The second-order valence-corrected chi connectivity index (χ2v) is 8.05. The van der Waals surface area contributed by atoms with Crippen molar-refractivity contribution in [3.8, 4) is 0 Å². The number of hydrogen-bond acceptors (Lipinski definition) is 7. The van der Waals surface area contributed by atoms with Crippen LogP contribution in [0.25, 0.3) is 0 Å². The highest BCUT2D eigenvalue weighted by molar-refractivity contribution is 5.97. The number of halogens is 5. The average molecular weight is 530 g/mol. The Morgan fingerprint density at radius 2 is 1.92 bits per heavy atom. The lowest BCUT2D eigenvalue weighted by Gasteiger charge is -2.36. The van der Waals surface area contributed by atoms with Crippen LogP contribution in [-0.4, -0.2) is 65.6 Å². The van der Waals surface area contributed by atoms with Crippen molar-refractivity contribution in [1.82, 2.24) is 10.2 Å². The Balaban J connectivity index is 2.13. The van der Waals surface area contributed by atoms with Gasteiger partial charge < -0.3 is 26.8 Å². The van der Waals surface area contributed by atoms with Crippen molar-refractivity contribution in [2.24, 2.45) is 22.5 Å². The van der Waals surface area contributed by atoms with E-state index in [-0.39, 0.29) is 6.54 Å². The standard InChI is InChI=1S/C23H27F5N6O3/c1-3-33(21(36)14(2)18(25)5-4-10-29)13-22(37,23(26,27)28)12-31-20(35)17-11-32-34(19(17)30)16-8-6-15(24)7-9-16/h4-11,17,19,37H,2-3,12-13,29-30H2,1H3,(H,31,35)/b10-4-,18-5+. The molecule has 0 aliphatic carbocycles. The van der Waals surface area contributed by atoms with Crippen molar-refractivity contribution >= 4 is 23.7 Å². The number of carbonyl (C=O) groups excluding carboxylic acids is 2. The molecule has 3 unspecified atom stereocenters. The monoisotopic (exact) mass is 530 g/mol. The summed E-state index contributed by atoms with van der Waals surface area (Å²) >= 11 is 0. The van der Waals surface area contributed by atoms with E-state index in [0.29, 0.717) is 10.6 Å². The van der Waals surface area contributed by atoms with Crippen molar-refractivity contribution in [3.05, 3.63) is 66.4 Å². The van der Waals surface area contributed by atoms with Gasteiger partial charge >= 0.3 is 6.18 Å². The number of rotatable bonds is 10. The minimum Gasteiger partial charge on any atom is -0.405 e. The Hall–Kier alpha value is -3.78. The van der Waals surface area contributed by atoms with Gasteiger partial charge in [0, 0.05) is 12.8 Å². The maximum Gasteiger partial charge on any atom is 0.420 e. The van der Waals surface area contributed by atoms with Gasteiger partial charge in [-0.05, 0) is 49.5 Å². The van der Waals surface area contributed by atoms with Gasteiger partial charge in [0.25, 0.3) is 5.91 Å². The molecule has 0 radical (unpaired) electrons. The topological polar surface area (TPSA) is 137 Å². The number of anilines is 1. The first-order valence-electron chi connectivity index (χ1n) is 10.9. The molecule has 6 N–H and O–H groups in total. The van der Waals surface area contributed by atoms with Gasteiger partial charge in [0.2, 0.25) is 5.91 Å². The van der Waals surface area contributed by atoms with Crippen LogP contribution in [0.3, 0.4) is 0 Å². The molecule has 0 saturated heterocycles. The highest BCUT2D eigenvalue weighted by atomic mass is 19.4. The van der Waals surface area contributed by atoms with Crippen molar-refractivity contribution in [1.29, 1.82) is 0 Å². The van der Waals surface area contributed by atoms with Crippen molar-refractivity contribution in [2.75, 3.05) is 24.6 Å². The van der Waals surface area contributed by atoms with E-state index in [1.54, 1.807) is 0 Å². The fraction of sp³-hybridized carbons (Fsp3) is 0.348. The van der Waals surface area contributed by atoms with Crippen LogP contribution in [-0.2, 0) is 9.59 Å². The highest BCUT2D eigenvalue weighted by Crippen LogP contribution is 2.32. The number of alkyl halides is 3. The molecule has 0 spiro atoms. The van der Waals surface area contributed by atoms with E-state index < -0.39 is 66.0 Å². The number of amides is 2. The second kappa shape index (κ2) is 12.0. The van der Waals surface area contributed by atoms with Crippen LogP contribution in [0.4, 0.5) is 27.6 Å². The number of carbonyl (C=O) groups is 2. The second-order valence-electron chi connectivity index (χ2n) is 8.05. The molecule has 1 aliphatic rings. The summed E-state index contributed by atoms with van der Waals surface area (Å²) < 4.78 is 68.8. The lowest BCUT2D eigenvalue weighted by molar-refractivity contribution is -0.261. The summed E-state index contributed by atoms with van der Waals surface area (Å²) in [5.74, 6) is -5.04. The van der Waals surface area contributed by atoms with Crippen LogP contribution in [0.1, 0.15) is 6.92 Å². The van der Waals surface area contributed by atoms with E-state index >= 15 is 0 Å². The molecule has 1 heterocycles. The maximum atomic E-state index is 14.1. The lowest BCUT2D eigenvalue weighted by Crippen LogP contribution is -2.61. The van der Waals surface area contributed by atoms with Gasteiger partial charge in [-0.3, -0.25) is 9.59 Å². The maximum absolute atomic E-state index is 14.1. The van der Waals surface area contributed by atoms with Crippen molar-refractivity contribution < 1.29 is 36.6 Å². The third kappa shape index (κ3) is 6.92. The fourth-order valence-electron chi connectivity index (χ4n) is 3.29. The van der Waals surface area contributed by atoms with Crippen LogP contribution in [0.15, 0.2) is 65.7 Å². The number of aliphatic hydroxyl groups is 1. The van der Waals surface area contributed by atoms with Gasteiger partial charge in [0.05, 0.1) is 24.4 Å². The summed E-state index contributed by atoms with van der Waals surface area (Å²) in [6.07, 6.45) is -2.49. The number of nitrogens with one attached hydrogen (secondary N) is 1. The summed E-state index contributed by atoms with van der Waals surface area (Å²) in [6.45, 7) is 1.57. The zero-order chi connectivity index (χ0) is 28.0. The number of hydrogen-bond donors (Lipinski definition) is 4. The summed E-state index contributed by atoms with van der Waals surface area (Å²) in [4.78, 5) is 25.7. The van der Waals surface area contributed by atoms with E-state index in [9.17, 15) is 36.6 Å². The molecule has 14 heteroatoms. The van der Waals surface area contributed by atoms with E-state index in [1.807, 2.05) is 5.32 Å². The molecule has 3 atom stereocenters. The first-order chi connectivity index (χ1) is 17.3. The average Bonchev–Trinajstić information content (AvgIpc) is 3.24. The Labute approximate surface area is 209 Å². The summed E-state index contributed by atoms with van der Waals surface area (Å²) in [5.41, 5.74) is 7.08. The smallest absolute Gasteiger partial charge is 0.405 e. The molecule has 2 rings (SSSR count). The van der Waals surface area contributed by atoms with Crippen LogP contribution >= 0.6 is 0 Å². The third-order valence-electron chi connectivity index (χ3n) is 5.50. The van der Waals surface area contributed by atoms with Gasteiger partial charge in [0.1, 0.15) is 23.7 Å². The predicted octanol–water partition coefficient (Wildman–Crippen LogP) is 1.67. The number of nitrogens with two attached hydrogens (primary N) is 2. The summed E-state index contributed by atoms with van der Waals surface area (Å²) in [5, 5.41) is 17.6. The van der Waals surface area contributed by atoms with Crippen LogP contribution in [0, 0.1) is 11.7 Å². The van der Waals surface area contributed by atoms with Crippen molar-refractivity contribution in [3.63, 3.8) is 0 Å². The van der Waals surface area contributed by atoms with E-state index in [4.69, 9.17) is 11.5 Å². The molecule has 0 fully saturated rings. The normalized spacial score (nSPS) is 19.7. The molecule has 0 aromatic heterocycles. The Kier molecular flexibility index (Phi) is 9.53. The molecule has 1 aromatic rings. The summed E-state index contributed by atoms with van der Waals surface area (Å²) in [7, 11) is 0. The van der Waals surface area contributed by atoms with Gasteiger partial charge in [-0.1, -0.05) is 6.58 Å². The largest absolute Gasteiger partial charge is 0.420 e. The van der Waals surface area contributed by atoms with E-state index in [0.717, 1.165) is 36.7 Å². The lowest BCUT2D eigenvalue weighted by atomic mass is 10.0. The SMILES string of the molecule is C=C(C(=O)N(CC)CC(O)(CNC(=O)C1C=NN(c2ccc(F)cc2)C1N)C(F)(F)F)/C(F)=C\C=C/N. The number of benzene rings is 1. The Morgan fingerprint density at radius 1 is 1.30 bits per heavy atom. The number of nitrogens with zero attached hydrogens (tertiary/aromatic N) is 3. The number of allylic oxidation sites excluding steroid dienone is 2. The Morgan fingerprint density at radius 3 is 2.46 bits per heavy atom. The first kappa shape index (κ1) is 29.5. The molecule has 9 nitrogen and oxygen atoms in total. The molecule has 202 valence electrons. The van der Waals surface area contributed by atoms with E-state index in [2.05, 4.69) is 11.7 Å². The van der Waals surface area contributed by atoms with Crippen molar-refractivity contribution in [2.45, 2.75) is 24.9 Å². The summed E-state index contributed by atoms with van der Waals surface area (Å²) in [6, 6.07) is 4.98. The van der Waals surface area contributed by atoms with Gasteiger partial charge in [-0.15, -0.1) is 0 Å². The third-order valence-corrected chi connectivity index (χ3v) is 5.50. The number of hydrazone groups is 1. The zero-order valence-corrected chi connectivity index (χ0v) is 19.8. The molecule has 2 amide bonds. The van der Waals surface area contributed by atoms with Crippen LogP contribution in [0.5, 0.6) is 0 Å². The van der Waals surface area contributed by atoms with Gasteiger partial charge in [0.15, 0.2) is 5.60 Å².